The molecule has 3 amide bonds. The smallest absolute Gasteiger partial charge is 0.411 e. The first-order chi connectivity index (χ1) is 18.2. The summed E-state index contributed by atoms with van der Waals surface area (Å²) < 4.78 is 10.0. The van der Waals surface area contributed by atoms with Crippen LogP contribution in [0.3, 0.4) is 0 Å². The number of aromatic carboxylic acids is 1. The van der Waals surface area contributed by atoms with Crippen LogP contribution in [-0.4, -0.2) is 41.2 Å². The normalized spacial score (nSPS) is 10.3. The van der Waals surface area contributed by atoms with Crippen molar-refractivity contribution < 1.29 is 33.5 Å². The van der Waals surface area contributed by atoms with Gasteiger partial charge in [0.05, 0.1) is 41.1 Å². The molecule has 4 N–H and O–H groups in total. The average Bonchev–Trinajstić information content (AvgIpc) is 3.31. The molecule has 0 atom stereocenters. The molecule has 0 aliphatic heterocycles. The van der Waals surface area contributed by atoms with Crippen LogP contribution in [0.1, 0.15) is 33.3 Å². The number of aromatic nitrogens is 1. The summed E-state index contributed by atoms with van der Waals surface area (Å²) in [5.74, 6) is -2.36. The van der Waals surface area contributed by atoms with E-state index in [4.69, 9.17) is 14.5 Å². The van der Waals surface area contributed by atoms with Gasteiger partial charge in [0.2, 0.25) is 5.91 Å². The number of carbonyl (C=O) groups excluding carboxylic acids is 3. The lowest BCUT2D eigenvalue weighted by Crippen LogP contribution is -2.15. The van der Waals surface area contributed by atoms with E-state index in [1.54, 1.807) is 30.3 Å². The van der Waals surface area contributed by atoms with Gasteiger partial charge in [0.15, 0.2) is 11.3 Å². The number of anilines is 3. The number of hydrogen-bond donors (Lipinski definition) is 4. The fraction of sp³-hybridized carbons (Fsp3) is 0.0769. The van der Waals surface area contributed by atoms with Crippen LogP contribution in [0.2, 0.25) is 0 Å². The summed E-state index contributed by atoms with van der Waals surface area (Å²) in [6.45, 7) is 1.37. The maximum Gasteiger partial charge on any atom is 0.411 e. The Morgan fingerprint density at radius 3 is 2.47 bits per heavy atom. The maximum absolute atomic E-state index is 13.1. The number of carbonyl (C=O) groups is 4. The van der Waals surface area contributed by atoms with Crippen LogP contribution >= 0.6 is 0 Å². The number of nitrogens with one attached hydrogen (secondary N) is 3. The van der Waals surface area contributed by atoms with E-state index in [1.165, 1.54) is 32.2 Å². The van der Waals surface area contributed by atoms with Gasteiger partial charge >= 0.3 is 12.1 Å². The molecule has 4 rings (SSSR count). The molecule has 38 heavy (non-hydrogen) atoms. The second-order valence-corrected chi connectivity index (χ2v) is 7.94. The predicted molar refractivity (Wildman–Crippen MR) is 136 cm³/mol. The minimum Gasteiger partial charge on any atom is -0.478 e. The minimum atomic E-state index is -1.33. The van der Waals surface area contributed by atoms with Gasteiger partial charge in [-0.3, -0.25) is 14.9 Å². The number of nitrogens with zero attached hydrogens (tertiary/aromatic N) is 2. The molecular formula is C26H19N5O7. The van der Waals surface area contributed by atoms with E-state index in [2.05, 4.69) is 21.1 Å². The SMILES string of the molecule is COC(=O)Nc1cc2onc(C(=O)Nc3ccc(C#N)cc3C(=O)O)c2cc1-c1cccc(NC(C)=O)c1. The van der Waals surface area contributed by atoms with E-state index in [0.29, 0.717) is 16.8 Å². The van der Waals surface area contributed by atoms with E-state index in [9.17, 15) is 24.3 Å². The predicted octanol–water partition coefficient (Wildman–Crippen LogP) is 4.45. The summed E-state index contributed by atoms with van der Waals surface area (Å²) >= 11 is 0. The van der Waals surface area contributed by atoms with Crippen LogP contribution in [0, 0.1) is 11.3 Å². The number of amides is 3. The Hall–Kier alpha value is -5.70. The highest BCUT2D eigenvalue weighted by Gasteiger charge is 2.22. The number of carboxylic acids is 1. The number of ether oxygens (including phenoxy) is 1. The molecule has 1 heterocycles. The molecule has 4 aromatic rings. The van der Waals surface area contributed by atoms with Gasteiger partial charge in [-0.15, -0.1) is 0 Å². The van der Waals surface area contributed by atoms with Gasteiger partial charge in [0.1, 0.15) is 0 Å². The third-order valence-electron chi connectivity index (χ3n) is 5.37. The van der Waals surface area contributed by atoms with Crippen LogP contribution in [0.25, 0.3) is 22.1 Å². The van der Waals surface area contributed by atoms with Gasteiger partial charge < -0.3 is 25.0 Å². The van der Waals surface area contributed by atoms with Gasteiger partial charge in [-0.25, -0.2) is 9.59 Å². The van der Waals surface area contributed by atoms with Gasteiger partial charge in [0.25, 0.3) is 5.91 Å². The molecule has 0 radical (unpaired) electrons. The third kappa shape index (κ3) is 5.26. The third-order valence-corrected chi connectivity index (χ3v) is 5.37. The monoisotopic (exact) mass is 513 g/mol. The topological polar surface area (TPSA) is 184 Å². The highest BCUT2D eigenvalue weighted by atomic mass is 16.5. The highest BCUT2D eigenvalue weighted by molar-refractivity contribution is 6.14. The van der Waals surface area contributed by atoms with Crippen molar-refractivity contribution >= 4 is 51.9 Å². The Morgan fingerprint density at radius 1 is 1.00 bits per heavy atom. The molecule has 0 bridgehead atoms. The Labute approximate surface area is 214 Å². The Kier molecular flexibility index (Phi) is 7.02. The Morgan fingerprint density at radius 2 is 1.79 bits per heavy atom. The Balaban J connectivity index is 1.80. The summed E-state index contributed by atoms with van der Waals surface area (Å²) in [6.07, 6.45) is -0.747. The number of carboxylic acid groups (broad SMARTS) is 1. The molecule has 0 saturated heterocycles. The summed E-state index contributed by atoms with van der Waals surface area (Å²) in [7, 11) is 1.20. The van der Waals surface area contributed by atoms with Crippen molar-refractivity contribution in [2.24, 2.45) is 0 Å². The van der Waals surface area contributed by atoms with E-state index in [1.807, 2.05) is 6.07 Å². The van der Waals surface area contributed by atoms with Gasteiger partial charge in [-0.1, -0.05) is 17.3 Å². The van der Waals surface area contributed by atoms with Gasteiger partial charge in [0, 0.05) is 24.2 Å². The number of fused-ring (bicyclic) bond motifs is 1. The van der Waals surface area contributed by atoms with Crippen molar-refractivity contribution in [3.63, 3.8) is 0 Å². The lowest BCUT2D eigenvalue weighted by molar-refractivity contribution is -0.114. The lowest BCUT2D eigenvalue weighted by atomic mass is 10.00. The second kappa shape index (κ2) is 10.5. The summed E-state index contributed by atoms with van der Waals surface area (Å²) in [5.41, 5.74) is 1.64. The molecule has 0 spiro atoms. The van der Waals surface area contributed by atoms with Crippen molar-refractivity contribution in [3.8, 4) is 17.2 Å². The summed E-state index contributed by atoms with van der Waals surface area (Å²) in [4.78, 5) is 48.3. The number of rotatable bonds is 6. The fourth-order valence-electron chi connectivity index (χ4n) is 3.70. The van der Waals surface area contributed by atoms with E-state index in [0.717, 1.165) is 6.07 Å². The number of nitriles is 1. The van der Waals surface area contributed by atoms with Crippen LogP contribution in [0.5, 0.6) is 0 Å². The first-order valence-corrected chi connectivity index (χ1v) is 11.0. The van der Waals surface area contributed by atoms with E-state index >= 15 is 0 Å². The van der Waals surface area contributed by atoms with Crippen LogP contribution < -0.4 is 16.0 Å². The van der Waals surface area contributed by atoms with Crippen molar-refractivity contribution in [1.29, 1.82) is 5.26 Å². The molecule has 0 unspecified atom stereocenters. The molecule has 12 heteroatoms. The van der Waals surface area contributed by atoms with Gasteiger partial charge in [-0.2, -0.15) is 5.26 Å². The fourth-order valence-corrected chi connectivity index (χ4v) is 3.70. The first kappa shape index (κ1) is 25.4. The molecule has 0 fully saturated rings. The minimum absolute atomic E-state index is 0.0372. The highest BCUT2D eigenvalue weighted by Crippen LogP contribution is 2.35. The van der Waals surface area contributed by atoms with Crippen molar-refractivity contribution in [1.82, 2.24) is 5.16 Å². The molecule has 0 saturated carbocycles. The van der Waals surface area contributed by atoms with E-state index < -0.39 is 18.0 Å². The maximum atomic E-state index is 13.1. The molecule has 1 aromatic heterocycles. The first-order valence-electron chi connectivity index (χ1n) is 11.0. The quantitative estimate of drug-likeness (QED) is 0.289. The van der Waals surface area contributed by atoms with Crippen LogP contribution in [-0.2, 0) is 9.53 Å². The second-order valence-electron chi connectivity index (χ2n) is 7.94. The molecular weight excluding hydrogens is 494 g/mol. The zero-order valence-corrected chi connectivity index (χ0v) is 20.0. The molecule has 3 aromatic carbocycles. The molecule has 0 aliphatic carbocycles. The van der Waals surface area contributed by atoms with Crippen molar-refractivity contribution in [2.75, 3.05) is 23.1 Å². The largest absolute Gasteiger partial charge is 0.478 e. The van der Waals surface area contributed by atoms with Crippen molar-refractivity contribution in [3.05, 3.63) is 71.4 Å². The lowest BCUT2D eigenvalue weighted by Gasteiger charge is -2.12. The number of methoxy groups -OCH3 is 1. The molecule has 190 valence electrons. The molecule has 0 aliphatic rings. The number of hydrogen-bond acceptors (Lipinski definition) is 8. The average molecular weight is 513 g/mol. The zero-order chi connectivity index (χ0) is 27.4. The van der Waals surface area contributed by atoms with Crippen LogP contribution in [0.4, 0.5) is 21.9 Å². The van der Waals surface area contributed by atoms with Gasteiger partial charge in [-0.05, 0) is 42.0 Å². The van der Waals surface area contributed by atoms with E-state index in [-0.39, 0.29) is 45.1 Å². The van der Waals surface area contributed by atoms with Crippen LogP contribution in [0.15, 0.2) is 59.1 Å². The van der Waals surface area contributed by atoms with Crippen molar-refractivity contribution in [2.45, 2.75) is 6.92 Å². The summed E-state index contributed by atoms with van der Waals surface area (Å²) in [6, 6.07) is 15.5. The number of benzene rings is 3. The zero-order valence-electron chi connectivity index (χ0n) is 20.0. The summed E-state index contributed by atoms with van der Waals surface area (Å²) in [5, 5.41) is 30.4. The Bertz CT molecular complexity index is 1650. The molecule has 12 nitrogen and oxygen atoms in total. The standard InChI is InChI=1S/C26H19N5O7/c1-13(32)28-16-5-3-4-15(9-16)17-10-19-22(11-21(17)30-26(36)37-2)38-31-23(19)24(33)29-20-7-6-14(12-27)8-18(20)25(34)35/h3-11H,1-2H3,(H,28,32)(H,29,33)(H,30,36)(H,34,35).